The van der Waals surface area contributed by atoms with Crippen LogP contribution in [0, 0.1) is 0 Å². The van der Waals surface area contributed by atoms with Gasteiger partial charge in [-0.2, -0.15) is 10.2 Å². The van der Waals surface area contributed by atoms with Crippen LogP contribution in [0.1, 0.15) is 11.9 Å². The highest BCUT2D eigenvalue weighted by Crippen LogP contribution is 2.40. The zero-order valence-corrected chi connectivity index (χ0v) is 17.1. The Hall–Kier alpha value is -2.95. The summed E-state index contributed by atoms with van der Waals surface area (Å²) in [4.78, 5) is 9.27. The number of aromatic amines is 2. The maximum Gasteiger partial charge on any atom is 0.233 e. The molecule has 4 rings (SSSR count). The van der Waals surface area contributed by atoms with Crippen molar-refractivity contribution in [2.45, 2.75) is 6.10 Å². The Morgan fingerprint density at radius 2 is 2.07 bits per heavy atom. The predicted octanol–water partition coefficient (Wildman–Crippen LogP) is 2.74. The standard InChI is InChI=1S/C18H20ClN7O3/c1-26-11-5-10(19)18(29-4)22-14(11)13(9-6-20-21-7-9)15(26)17-23-16(24-25-17)12(28-3)8-27-2/h5-7,12H,8H2,1-4H3,(H,20,21)(H,23,24,25). The number of methoxy groups -OCH3 is 3. The summed E-state index contributed by atoms with van der Waals surface area (Å²) in [5.41, 5.74) is 3.99. The Morgan fingerprint density at radius 1 is 1.24 bits per heavy atom. The molecular weight excluding hydrogens is 398 g/mol. The molecule has 1 unspecified atom stereocenters. The van der Waals surface area contributed by atoms with Gasteiger partial charge in [0.1, 0.15) is 16.6 Å². The summed E-state index contributed by atoms with van der Waals surface area (Å²) >= 11 is 6.32. The Bertz CT molecular complexity index is 1140. The summed E-state index contributed by atoms with van der Waals surface area (Å²) in [7, 11) is 6.64. The summed E-state index contributed by atoms with van der Waals surface area (Å²) in [6.45, 7) is 0.339. The molecule has 0 amide bonds. The summed E-state index contributed by atoms with van der Waals surface area (Å²) < 4.78 is 17.9. The summed E-state index contributed by atoms with van der Waals surface area (Å²) in [5.74, 6) is 1.40. The Balaban J connectivity index is 1.96. The quantitative estimate of drug-likeness (QED) is 0.475. The fraction of sp³-hybridized carbons (Fsp3) is 0.333. The molecule has 0 saturated heterocycles. The number of rotatable bonds is 7. The Labute approximate surface area is 171 Å². The fourth-order valence-corrected chi connectivity index (χ4v) is 3.53. The van der Waals surface area contributed by atoms with Crippen LogP contribution < -0.4 is 4.74 Å². The number of ether oxygens (including phenoxy) is 3. The first kappa shape index (κ1) is 19.4. The van der Waals surface area contributed by atoms with E-state index in [-0.39, 0.29) is 6.10 Å². The molecule has 152 valence electrons. The summed E-state index contributed by atoms with van der Waals surface area (Å²) in [5, 5.41) is 14.7. The van der Waals surface area contributed by atoms with E-state index in [9.17, 15) is 0 Å². The molecule has 1 atom stereocenters. The van der Waals surface area contributed by atoms with Crippen molar-refractivity contribution in [1.82, 2.24) is 34.9 Å². The van der Waals surface area contributed by atoms with Gasteiger partial charge in [0.15, 0.2) is 11.6 Å². The molecule has 11 heteroatoms. The molecule has 0 aromatic carbocycles. The van der Waals surface area contributed by atoms with E-state index in [1.807, 2.05) is 17.7 Å². The van der Waals surface area contributed by atoms with Gasteiger partial charge in [-0.05, 0) is 6.07 Å². The number of aromatic nitrogens is 7. The lowest BCUT2D eigenvalue weighted by atomic mass is 10.1. The Morgan fingerprint density at radius 3 is 2.72 bits per heavy atom. The second-order valence-corrected chi connectivity index (χ2v) is 6.75. The van der Waals surface area contributed by atoms with Gasteiger partial charge < -0.3 is 18.8 Å². The number of fused-ring (bicyclic) bond motifs is 1. The minimum absolute atomic E-state index is 0.339. The van der Waals surface area contributed by atoms with Crippen molar-refractivity contribution >= 4 is 22.6 Å². The van der Waals surface area contributed by atoms with Crippen LogP contribution in [0.5, 0.6) is 5.88 Å². The Kier molecular flexibility index (Phi) is 5.22. The van der Waals surface area contributed by atoms with Crippen LogP contribution in [0.4, 0.5) is 0 Å². The second kappa shape index (κ2) is 7.82. The third-order valence-electron chi connectivity index (χ3n) is 4.69. The van der Waals surface area contributed by atoms with Crippen molar-refractivity contribution in [3.8, 4) is 28.5 Å². The van der Waals surface area contributed by atoms with Gasteiger partial charge in [-0.25, -0.2) is 9.97 Å². The molecule has 0 spiro atoms. The first-order chi connectivity index (χ1) is 14.1. The van der Waals surface area contributed by atoms with E-state index in [4.69, 9.17) is 25.8 Å². The highest BCUT2D eigenvalue weighted by atomic mass is 35.5. The molecule has 0 aliphatic heterocycles. The van der Waals surface area contributed by atoms with Gasteiger partial charge in [0.25, 0.3) is 0 Å². The first-order valence-corrected chi connectivity index (χ1v) is 9.13. The monoisotopic (exact) mass is 417 g/mol. The molecule has 0 saturated carbocycles. The van der Waals surface area contributed by atoms with E-state index in [1.54, 1.807) is 26.6 Å². The number of H-pyrrole nitrogens is 2. The van der Waals surface area contributed by atoms with Gasteiger partial charge in [-0.15, -0.1) is 0 Å². The number of hydrogen-bond acceptors (Lipinski definition) is 7. The molecular formula is C18H20ClN7O3. The van der Waals surface area contributed by atoms with Crippen LogP contribution in [0.3, 0.4) is 0 Å². The van der Waals surface area contributed by atoms with Crippen molar-refractivity contribution < 1.29 is 14.2 Å². The van der Waals surface area contributed by atoms with Gasteiger partial charge in [0.05, 0.1) is 31.1 Å². The zero-order chi connectivity index (χ0) is 20.5. The average Bonchev–Trinajstić information content (AvgIpc) is 3.45. The summed E-state index contributed by atoms with van der Waals surface area (Å²) in [6.07, 6.45) is 3.13. The van der Waals surface area contributed by atoms with Crippen molar-refractivity contribution in [1.29, 1.82) is 0 Å². The third-order valence-corrected chi connectivity index (χ3v) is 4.96. The van der Waals surface area contributed by atoms with E-state index in [1.165, 1.54) is 7.11 Å². The largest absolute Gasteiger partial charge is 0.480 e. The number of nitrogens with zero attached hydrogens (tertiary/aromatic N) is 5. The molecule has 0 bridgehead atoms. The minimum Gasteiger partial charge on any atom is -0.480 e. The highest BCUT2D eigenvalue weighted by molar-refractivity contribution is 6.32. The summed E-state index contributed by atoms with van der Waals surface area (Å²) in [6, 6.07) is 1.82. The lowest BCUT2D eigenvalue weighted by Crippen LogP contribution is -2.10. The van der Waals surface area contributed by atoms with Gasteiger partial charge in [-0.3, -0.25) is 10.2 Å². The third kappa shape index (κ3) is 3.24. The average molecular weight is 418 g/mol. The second-order valence-electron chi connectivity index (χ2n) is 6.34. The number of pyridine rings is 1. The van der Waals surface area contributed by atoms with Crippen LogP contribution >= 0.6 is 11.6 Å². The minimum atomic E-state index is -0.385. The van der Waals surface area contributed by atoms with Crippen LogP contribution in [0.2, 0.25) is 5.02 Å². The molecule has 0 aliphatic rings. The maximum atomic E-state index is 6.32. The molecule has 0 fully saturated rings. The molecule has 0 aliphatic carbocycles. The lowest BCUT2D eigenvalue weighted by Gasteiger charge is -2.09. The number of nitrogens with one attached hydrogen (secondary N) is 2. The van der Waals surface area contributed by atoms with Gasteiger partial charge in [0, 0.05) is 38.6 Å². The van der Waals surface area contributed by atoms with E-state index in [0.717, 1.165) is 22.3 Å². The van der Waals surface area contributed by atoms with E-state index in [0.29, 0.717) is 34.7 Å². The molecule has 0 radical (unpaired) electrons. The van der Waals surface area contributed by atoms with Crippen molar-refractivity contribution in [3.63, 3.8) is 0 Å². The van der Waals surface area contributed by atoms with Gasteiger partial charge in [-0.1, -0.05) is 11.6 Å². The molecule has 4 heterocycles. The molecule has 10 nitrogen and oxygen atoms in total. The highest BCUT2D eigenvalue weighted by Gasteiger charge is 2.25. The number of aryl methyl sites for hydroxylation is 1. The smallest absolute Gasteiger partial charge is 0.233 e. The van der Waals surface area contributed by atoms with E-state index >= 15 is 0 Å². The van der Waals surface area contributed by atoms with Gasteiger partial charge >= 0.3 is 0 Å². The topological polar surface area (TPSA) is 116 Å². The van der Waals surface area contributed by atoms with Crippen molar-refractivity contribution in [2.75, 3.05) is 27.9 Å². The van der Waals surface area contributed by atoms with E-state index in [2.05, 4.69) is 30.4 Å². The number of hydrogen-bond donors (Lipinski definition) is 2. The predicted molar refractivity (Wildman–Crippen MR) is 107 cm³/mol. The zero-order valence-electron chi connectivity index (χ0n) is 16.4. The van der Waals surface area contributed by atoms with Crippen molar-refractivity contribution in [2.24, 2.45) is 7.05 Å². The molecule has 4 aromatic heterocycles. The molecule has 29 heavy (non-hydrogen) atoms. The van der Waals surface area contributed by atoms with Crippen LogP contribution in [0.15, 0.2) is 18.5 Å². The van der Waals surface area contributed by atoms with E-state index < -0.39 is 0 Å². The van der Waals surface area contributed by atoms with Crippen LogP contribution in [-0.4, -0.2) is 62.9 Å². The van der Waals surface area contributed by atoms with Crippen molar-refractivity contribution in [3.05, 3.63) is 29.3 Å². The number of halogens is 1. The fourth-order valence-electron chi connectivity index (χ4n) is 3.31. The first-order valence-electron chi connectivity index (χ1n) is 8.75. The SMILES string of the molecule is COCC(OC)c1n[nH]c(-c2c(-c3cn[nH]c3)c3nc(OC)c(Cl)cc3n2C)n1. The van der Waals surface area contributed by atoms with Crippen LogP contribution in [0.25, 0.3) is 33.7 Å². The lowest BCUT2D eigenvalue weighted by molar-refractivity contribution is 0.0224. The molecule has 4 aromatic rings. The maximum absolute atomic E-state index is 6.32. The van der Waals surface area contributed by atoms with Crippen LogP contribution in [-0.2, 0) is 16.5 Å². The molecule has 2 N–H and O–H groups in total. The normalized spacial score (nSPS) is 12.6. The van der Waals surface area contributed by atoms with Gasteiger partial charge in [0.2, 0.25) is 5.88 Å².